The molecule has 5 heteroatoms. The molecule has 0 heterocycles. The molecule has 0 aromatic carbocycles. The van der Waals surface area contributed by atoms with Crippen LogP contribution in [0.1, 0.15) is 46.0 Å². The summed E-state index contributed by atoms with van der Waals surface area (Å²) in [6.45, 7) is 4.23. The Bertz CT molecular complexity index is 292. The lowest BCUT2D eigenvalue weighted by Crippen LogP contribution is -2.35. The summed E-state index contributed by atoms with van der Waals surface area (Å²) < 4.78 is 0. The number of hydrogen-bond donors (Lipinski definition) is 3. The summed E-state index contributed by atoms with van der Waals surface area (Å²) in [6, 6.07) is 0.310. The average molecular weight is 255 g/mol. The summed E-state index contributed by atoms with van der Waals surface area (Å²) in [4.78, 5) is 23.0. The Morgan fingerprint density at radius 2 is 2.00 bits per heavy atom. The first-order valence-electron chi connectivity index (χ1n) is 6.80. The maximum absolute atomic E-state index is 11.6. The molecule has 0 saturated heterocycles. The van der Waals surface area contributed by atoms with Gasteiger partial charge in [0, 0.05) is 31.5 Å². The summed E-state index contributed by atoms with van der Waals surface area (Å²) in [5.41, 5.74) is 5.91. The van der Waals surface area contributed by atoms with Gasteiger partial charge in [-0.2, -0.15) is 0 Å². The van der Waals surface area contributed by atoms with E-state index in [-0.39, 0.29) is 23.9 Å². The van der Waals surface area contributed by atoms with E-state index >= 15 is 0 Å². The summed E-state index contributed by atoms with van der Waals surface area (Å²) in [6.07, 6.45) is 4.01. The Labute approximate surface area is 109 Å². The van der Waals surface area contributed by atoms with E-state index in [4.69, 9.17) is 5.73 Å². The minimum atomic E-state index is -0.0251. The lowest BCUT2D eigenvalue weighted by atomic mass is 10.00. The van der Waals surface area contributed by atoms with Crippen molar-refractivity contribution in [2.45, 2.75) is 58.0 Å². The van der Waals surface area contributed by atoms with Gasteiger partial charge >= 0.3 is 0 Å². The second kappa shape index (κ2) is 7.36. The van der Waals surface area contributed by atoms with Crippen LogP contribution in [0, 0.1) is 5.92 Å². The zero-order valence-corrected chi connectivity index (χ0v) is 11.4. The molecule has 0 unspecified atom stereocenters. The lowest BCUT2D eigenvalue weighted by Gasteiger charge is -2.14. The fraction of sp³-hybridized carbons (Fsp3) is 0.846. The Kier molecular flexibility index (Phi) is 6.12. The molecule has 4 N–H and O–H groups in total. The number of carbonyl (C=O) groups is 2. The van der Waals surface area contributed by atoms with Gasteiger partial charge in [-0.15, -0.1) is 0 Å². The van der Waals surface area contributed by atoms with Gasteiger partial charge in [0.1, 0.15) is 0 Å². The van der Waals surface area contributed by atoms with Crippen LogP contribution in [-0.4, -0.2) is 30.4 Å². The van der Waals surface area contributed by atoms with E-state index in [1.54, 1.807) is 0 Å². The third kappa shape index (κ3) is 5.49. The predicted molar refractivity (Wildman–Crippen MR) is 70.8 cm³/mol. The zero-order chi connectivity index (χ0) is 13.5. The van der Waals surface area contributed by atoms with Gasteiger partial charge in [-0.1, -0.05) is 6.42 Å². The van der Waals surface area contributed by atoms with Crippen molar-refractivity contribution in [2.75, 3.05) is 6.54 Å². The maximum atomic E-state index is 11.6. The van der Waals surface area contributed by atoms with E-state index in [0.717, 1.165) is 19.3 Å². The van der Waals surface area contributed by atoms with Gasteiger partial charge < -0.3 is 16.4 Å². The second-order valence-corrected chi connectivity index (χ2v) is 5.38. The molecule has 0 aliphatic heterocycles. The second-order valence-electron chi connectivity index (χ2n) is 5.38. The Morgan fingerprint density at radius 1 is 1.28 bits per heavy atom. The minimum absolute atomic E-state index is 0.00898. The number of rotatable bonds is 6. The van der Waals surface area contributed by atoms with E-state index in [0.29, 0.717) is 25.3 Å². The zero-order valence-electron chi connectivity index (χ0n) is 11.4. The Balaban J connectivity index is 2.11. The molecule has 2 amide bonds. The number of nitrogens with one attached hydrogen (secondary N) is 2. The van der Waals surface area contributed by atoms with Crippen LogP contribution >= 0.6 is 0 Å². The molecule has 18 heavy (non-hydrogen) atoms. The first kappa shape index (κ1) is 15.0. The van der Waals surface area contributed by atoms with Gasteiger partial charge in [-0.25, -0.2) is 0 Å². The fourth-order valence-corrected chi connectivity index (χ4v) is 2.34. The van der Waals surface area contributed by atoms with E-state index in [1.165, 1.54) is 0 Å². The Hall–Kier alpha value is -1.10. The molecule has 2 atom stereocenters. The van der Waals surface area contributed by atoms with E-state index in [1.807, 2.05) is 13.8 Å². The van der Waals surface area contributed by atoms with Gasteiger partial charge in [0.15, 0.2) is 0 Å². The molecule has 1 saturated carbocycles. The normalized spacial score (nSPS) is 23.1. The third-order valence-corrected chi connectivity index (χ3v) is 3.29. The molecule has 5 nitrogen and oxygen atoms in total. The molecule has 1 aliphatic carbocycles. The van der Waals surface area contributed by atoms with Crippen LogP contribution in [0.2, 0.25) is 0 Å². The van der Waals surface area contributed by atoms with Crippen molar-refractivity contribution >= 4 is 11.8 Å². The highest BCUT2D eigenvalue weighted by molar-refractivity contribution is 5.79. The van der Waals surface area contributed by atoms with Crippen molar-refractivity contribution in [3.63, 3.8) is 0 Å². The van der Waals surface area contributed by atoms with E-state index in [2.05, 4.69) is 10.6 Å². The highest BCUT2D eigenvalue weighted by Crippen LogP contribution is 2.26. The molecule has 1 aliphatic rings. The summed E-state index contributed by atoms with van der Waals surface area (Å²) in [7, 11) is 0. The molecule has 0 aromatic rings. The average Bonchev–Trinajstić information content (AvgIpc) is 2.63. The standard InChI is InChI=1S/C13H25N3O2/c1-9(2)16-12(17)6-7-15-13(18)8-10-4-3-5-11(10)14/h9-11H,3-8,14H2,1-2H3,(H,15,18)(H,16,17)/t10-,11+/m0/s1. The van der Waals surface area contributed by atoms with Crippen LogP contribution in [0.3, 0.4) is 0 Å². The van der Waals surface area contributed by atoms with Gasteiger partial charge in [-0.05, 0) is 32.6 Å². The largest absolute Gasteiger partial charge is 0.356 e. The van der Waals surface area contributed by atoms with Crippen LogP contribution in [0.25, 0.3) is 0 Å². The first-order valence-corrected chi connectivity index (χ1v) is 6.80. The minimum Gasteiger partial charge on any atom is -0.356 e. The number of hydrogen-bond acceptors (Lipinski definition) is 3. The monoisotopic (exact) mass is 255 g/mol. The van der Waals surface area contributed by atoms with Gasteiger partial charge in [0.05, 0.1) is 0 Å². The first-order chi connectivity index (χ1) is 8.49. The van der Waals surface area contributed by atoms with Crippen molar-refractivity contribution in [3.8, 4) is 0 Å². The highest BCUT2D eigenvalue weighted by Gasteiger charge is 2.25. The molecular formula is C13H25N3O2. The Morgan fingerprint density at radius 3 is 2.56 bits per heavy atom. The van der Waals surface area contributed by atoms with Gasteiger partial charge in [-0.3, -0.25) is 9.59 Å². The quantitative estimate of drug-likeness (QED) is 0.647. The number of carbonyl (C=O) groups excluding carboxylic acids is 2. The summed E-state index contributed by atoms with van der Waals surface area (Å²) >= 11 is 0. The van der Waals surface area contributed by atoms with Crippen molar-refractivity contribution in [1.29, 1.82) is 0 Å². The van der Waals surface area contributed by atoms with Crippen molar-refractivity contribution < 1.29 is 9.59 Å². The van der Waals surface area contributed by atoms with Gasteiger partial charge in [0.2, 0.25) is 11.8 Å². The van der Waals surface area contributed by atoms with E-state index < -0.39 is 0 Å². The van der Waals surface area contributed by atoms with E-state index in [9.17, 15) is 9.59 Å². The van der Waals surface area contributed by atoms with Crippen molar-refractivity contribution in [2.24, 2.45) is 11.7 Å². The SMILES string of the molecule is CC(C)NC(=O)CCNC(=O)C[C@@H]1CCC[C@H]1N. The molecule has 1 fully saturated rings. The van der Waals surface area contributed by atoms with Gasteiger partial charge in [0.25, 0.3) is 0 Å². The van der Waals surface area contributed by atoms with Crippen LogP contribution < -0.4 is 16.4 Å². The molecule has 0 aromatic heterocycles. The van der Waals surface area contributed by atoms with Crippen LogP contribution in [0.15, 0.2) is 0 Å². The smallest absolute Gasteiger partial charge is 0.221 e. The third-order valence-electron chi connectivity index (χ3n) is 3.29. The van der Waals surface area contributed by atoms with Crippen molar-refractivity contribution in [3.05, 3.63) is 0 Å². The molecule has 1 rings (SSSR count). The highest BCUT2D eigenvalue weighted by atomic mass is 16.2. The molecule has 0 radical (unpaired) electrons. The summed E-state index contributed by atoms with van der Waals surface area (Å²) in [5, 5.41) is 5.57. The maximum Gasteiger partial charge on any atom is 0.221 e. The predicted octanol–water partition coefficient (Wildman–Crippen LogP) is 0.535. The van der Waals surface area contributed by atoms with Crippen LogP contribution in [-0.2, 0) is 9.59 Å². The van der Waals surface area contributed by atoms with Crippen LogP contribution in [0.4, 0.5) is 0 Å². The number of amides is 2. The van der Waals surface area contributed by atoms with Crippen LogP contribution in [0.5, 0.6) is 0 Å². The van der Waals surface area contributed by atoms with Crippen molar-refractivity contribution in [1.82, 2.24) is 10.6 Å². The molecular weight excluding hydrogens is 230 g/mol. The molecule has 104 valence electrons. The molecule has 0 bridgehead atoms. The summed E-state index contributed by atoms with van der Waals surface area (Å²) in [5.74, 6) is 0.298. The molecule has 0 spiro atoms. The fourth-order valence-electron chi connectivity index (χ4n) is 2.34. The lowest BCUT2D eigenvalue weighted by molar-refractivity contribution is -0.123. The topological polar surface area (TPSA) is 84.2 Å². The number of nitrogens with two attached hydrogens (primary N) is 1.